The molecule has 0 amide bonds. The number of hydrogen-bond acceptors (Lipinski definition) is 6. The van der Waals surface area contributed by atoms with Crippen molar-refractivity contribution in [3.63, 3.8) is 0 Å². The van der Waals surface area contributed by atoms with E-state index in [1.165, 1.54) is 70.6 Å². The van der Waals surface area contributed by atoms with E-state index >= 15 is 0 Å². The van der Waals surface area contributed by atoms with Gasteiger partial charge in [0.1, 0.15) is 19.3 Å². The minimum absolute atomic E-state index is 0.0863. The smallest absolute Gasteiger partial charge is 0.457 e. The van der Waals surface area contributed by atoms with Gasteiger partial charge in [0.15, 0.2) is 0 Å². The largest absolute Gasteiger partial charge is 0.472 e. The number of carbonyl (C=O) groups is 1. The van der Waals surface area contributed by atoms with Crippen LogP contribution in [0.5, 0.6) is 0 Å². The molecule has 0 saturated heterocycles. The Morgan fingerprint density at radius 2 is 1.20 bits per heavy atom. The Morgan fingerprint density at radius 3 is 1.78 bits per heavy atom. The summed E-state index contributed by atoms with van der Waals surface area (Å²) in [6, 6.07) is 0. The van der Waals surface area contributed by atoms with Crippen LogP contribution in [0.2, 0.25) is 0 Å². The average Bonchev–Trinajstić information content (AvgIpc) is 2.98. The van der Waals surface area contributed by atoms with E-state index in [0.717, 1.165) is 51.4 Å². The Balaban J connectivity index is 4.34. The van der Waals surface area contributed by atoms with Gasteiger partial charge in [0.2, 0.25) is 0 Å². The van der Waals surface area contributed by atoms with Crippen LogP contribution >= 0.6 is 7.82 Å². The van der Waals surface area contributed by atoms with Gasteiger partial charge in [0, 0.05) is 13.0 Å². The first-order valence-electron chi connectivity index (χ1n) is 18.1. The number of unbranched alkanes of at least 4 members (excludes halogenated alkanes) is 15. The minimum atomic E-state index is -4.26. The van der Waals surface area contributed by atoms with Crippen LogP contribution in [0, 0.1) is 0 Å². The summed E-state index contributed by atoms with van der Waals surface area (Å²) in [4.78, 5) is 22.7. The van der Waals surface area contributed by atoms with Gasteiger partial charge in [-0.15, -0.1) is 0 Å². The molecule has 0 rings (SSSR count). The summed E-state index contributed by atoms with van der Waals surface area (Å²) < 4.78 is 34.7. The summed E-state index contributed by atoms with van der Waals surface area (Å²) in [5.41, 5.74) is 0. The standard InChI is InChI=1S/C36H70NO7P/c1-6-8-10-12-14-16-18-19-20-22-24-26-28-31-41-33-35(34-43-45(39,40)42-32-30-37(3,4)5)44-36(38)29-27-25-23-21-17-15-13-11-9-7-2/h11,13-14,16,35H,6-10,12,15,17-34H2,1-5H3/p+1/b13-11-,16-14-. The lowest BCUT2D eigenvalue weighted by Crippen LogP contribution is -2.37. The van der Waals surface area contributed by atoms with Crippen molar-refractivity contribution < 1.29 is 37.3 Å². The Kier molecular flexibility index (Phi) is 29.6. The lowest BCUT2D eigenvalue weighted by Gasteiger charge is -2.24. The molecule has 9 heteroatoms. The number of ether oxygens (including phenoxy) is 2. The molecule has 0 saturated carbocycles. The van der Waals surface area contributed by atoms with Crippen molar-refractivity contribution in [3.05, 3.63) is 24.3 Å². The molecule has 0 heterocycles. The molecule has 0 aromatic heterocycles. The summed E-state index contributed by atoms with van der Waals surface area (Å²) in [5.74, 6) is -0.329. The van der Waals surface area contributed by atoms with E-state index in [1.54, 1.807) is 0 Å². The Morgan fingerprint density at radius 1 is 0.667 bits per heavy atom. The van der Waals surface area contributed by atoms with Crippen LogP contribution in [0.4, 0.5) is 0 Å². The highest BCUT2D eigenvalue weighted by Crippen LogP contribution is 2.43. The molecular weight excluding hydrogens is 589 g/mol. The van der Waals surface area contributed by atoms with Crippen LogP contribution in [0.25, 0.3) is 0 Å². The summed E-state index contributed by atoms with van der Waals surface area (Å²) in [6.45, 7) is 5.50. The molecule has 0 radical (unpaired) electrons. The first-order chi connectivity index (χ1) is 21.6. The molecule has 2 unspecified atom stereocenters. The molecule has 0 aliphatic rings. The molecule has 0 aliphatic carbocycles. The Bertz CT molecular complexity index is 782. The lowest BCUT2D eigenvalue weighted by atomic mass is 10.1. The number of nitrogens with zero attached hydrogens (tertiary/aromatic N) is 1. The van der Waals surface area contributed by atoms with Crippen LogP contribution in [-0.4, -0.2) is 75.6 Å². The van der Waals surface area contributed by atoms with E-state index in [2.05, 4.69) is 38.2 Å². The molecule has 0 fully saturated rings. The fourth-order valence-corrected chi connectivity index (χ4v) is 5.35. The van der Waals surface area contributed by atoms with E-state index in [4.69, 9.17) is 18.5 Å². The topological polar surface area (TPSA) is 91.3 Å². The zero-order chi connectivity index (χ0) is 33.5. The van der Waals surface area contributed by atoms with Crippen LogP contribution in [0.3, 0.4) is 0 Å². The van der Waals surface area contributed by atoms with Crippen LogP contribution in [0.1, 0.15) is 142 Å². The van der Waals surface area contributed by atoms with Gasteiger partial charge in [-0.1, -0.05) is 102 Å². The molecule has 8 nitrogen and oxygen atoms in total. The minimum Gasteiger partial charge on any atom is -0.457 e. The van der Waals surface area contributed by atoms with Crippen molar-refractivity contribution in [2.45, 2.75) is 148 Å². The van der Waals surface area contributed by atoms with Gasteiger partial charge in [-0.05, 0) is 57.8 Å². The van der Waals surface area contributed by atoms with Gasteiger partial charge < -0.3 is 18.9 Å². The zero-order valence-corrected chi connectivity index (χ0v) is 30.7. The number of phosphoric acid groups is 1. The second-order valence-corrected chi connectivity index (χ2v) is 14.7. The summed E-state index contributed by atoms with van der Waals surface area (Å²) in [7, 11) is 1.65. The maximum atomic E-state index is 12.5. The predicted octanol–water partition coefficient (Wildman–Crippen LogP) is 9.71. The van der Waals surface area contributed by atoms with E-state index in [0.29, 0.717) is 24.1 Å². The normalized spacial score (nSPS) is 14.4. The highest BCUT2D eigenvalue weighted by Gasteiger charge is 2.26. The van der Waals surface area contributed by atoms with Gasteiger partial charge in [-0.3, -0.25) is 13.8 Å². The van der Waals surface area contributed by atoms with Crippen molar-refractivity contribution in [3.8, 4) is 0 Å². The molecule has 0 aliphatic heterocycles. The number of rotatable bonds is 33. The SMILES string of the molecule is CCC/C=C\CCCCCCCC(=O)OC(COCCCCCCCC/C=C\CCCCC)COP(=O)(O)OCC[N+](C)(C)C. The molecule has 0 aromatic rings. The molecule has 2 atom stereocenters. The molecule has 0 spiro atoms. The van der Waals surface area contributed by atoms with E-state index in [-0.39, 0.29) is 25.8 Å². The fraction of sp³-hybridized carbons (Fsp3) is 0.861. The first kappa shape index (κ1) is 44.0. The highest BCUT2D eigenvalue weighted by molar-refractivity contribution is 7.47. The predicted molar refractivity (Wildman–Crippen MR) is 187 cm³/mol. The monoisotopic (exact) mass is 660 g/mol. The van der Waals surface area contributed by atoms with Crippen molar-refractivity contribution in [1.29, 1.82) is 0 Å². The average molecular weight is 661 g/mol. The zero-order valence-electron chi connectivity index (χ0n) is 29.9. The molecular formula is C36H71NO7P+. The maximum Gasteiger partial charge on any atom is 0.472 e. The fourth-order valence-electron chi connectivity index (χ4n) is 4.61. The highest BCUT2D eigenvalue weighted by atomic mass is 31.2. The Hall–Kier alpha value is -1.02. The van der Waals surface area contributed by atoms with Crippen LogP contribution in [-0.2, 0) is 27.9 Å². The third-order valence-electron chi connectivity index (χ3n) is 7.47. The number of hydrogen-bond donors (Lipinski definition) is 1. The summed E-state index contributed by atoms with van der Waals surface area (Å²) in [6.07, 6.45) is 30.6. The third kappa shape index (κ3) is 34.1. The number of carbonyl (C=O) groups excluding carboxylic acids is 1. The van der Waals surface area contributed by atoms with Crippen LogP contribution < -0.4 is 0 Å². The second kappa shape index (κ2) is 30.3. The molecule has 266 valence electrons. The van der Waals surface area contributed by atoms with Gasteiger partial charge in [-0.2, -0.15) is 0 Å². The maximum absolute atomic E-state index is 12.5. The number of likely N-dealkylation sites (N-methyl/N-ethyl adjacent to an activating group) is 1. The molecule has 45 heavy (non-hydrogen) atoms. The number of esters is 1. The van der Waals surface area contributed by atoms with Gasteiger partial charge in [0.05, 0.1) is 34.4 Å². The van der Waals surface area contributed by atoms with Gasteiger partial charge >= 0.3 is 13.8 Å². The Labute approximate surface area is 277 Å². The summed E-state index contributed by atoms with van der Waals surface area (Å²) in [5, 5.41) is 0. The van der Waals surface area contributed by atoms with E-state index < -0.39 is 13.9 Å². The van der Waals surface area contributed by atoms with Crippen molar-refractivity contribution in [2.75, 3.05) is 54.1 Å². The van der Waals surface area contributed by atoms with Crippen molar-refractivity contribution >= 4 is 13.8 Å². The number of allylic oxidation sites excluding steroid dienone is 4. The van der Waals surface area contributed by atoms with Crippen molar-refractivity contribution in [2.24, 2.45) is 0 Å². The van der Waals surface area contributed by atoms with Gasteiger partial charge in [0.25, 0.3) is 0 Å². The summed E-state index contributed by atoms with van der Waals surface area (Å²) >= 11 is 0. The van der Waals surface area contributed by atoms with E-state index in [9.17, 15) is 14.3 Å². The quantitative estimate of drug-likeness (QED) is 0.0246. The lowest BCUT2D eigenvalue weighted by molar-refractivity contribution is -0.870. The third-order valence-corrected chi connectivity index (χ3v) is 8.45. The molecule has 0 bridgehead atoms. The second-order valence-electron chi connectivity index (χ2n) is 13.2. The van der Waals surface area contributed by atoms with E-state index in [1.807, 2.05) is 21.1 Å². The first-order valence-corrected chi connectivity index (χ1v) is 19.6. The van der Waals surface area contributed by atoms with Gasteiger partial charge in [-0.25, -0.2) is 4.57 Å². The number of phosphoric ester groups is 1. The van der Waals surface area contributed by atoms with Crippen molar-refractivity contribution in [1.82, 2.24) is 0 Å². The van der Waals surface area contributed by atoms with Crippen LogP contribution in [0.15, 0.2) is 24.3 Å². The molecule has 0 aromatic carbocycles. The number of quaternary nitrogens is 1. The molecule has 1 N–H and O–H groups in total.